The van der Waals surface area contributed by atoms with Crippen molar-refractivity contribution in [1.29, 1.82) is 0 Å². The fourth-order valence-electron chi connectivity index (χ4n) is 4.05. The van der Waals surface area contributed by atoms with Crippen LogP contribution in [0.5, 0.6) is 5.75 Å². The van der Waals surface area contributed by atoms with Crippen LogP contribution in [0.4, 0.5) is 0 Å². The molecule has 0 aromatic heterocycles. The second kappa shape index (κ2) is 11.2. The van der Waals surface area contributed by atoms with Crippen LogP contribution in [-0.2, 0) is 11.4 Å². The van der Waals surface area contributed by atoms with Crippen molar-refractivity contribution in [2.75, 3.05) is 6.54 Å². The minimum Gasteiger partial charge on any atom is -0.488 e. The van der Waals surface area contributed by atoms with Gasteiger partial charge in [-0.25, -0.2) is 5.43 Å². The van der Waals surface area contributed by atoms with Gasteiger partial charge in [0.05, 0.1) is 17.2 Å². The van der Waals surface area contributed by atoms with Gasteiger partial charge in [-0.15, -0.1) is 0 Å². The number of amides is 1. The Bertz CT molecular complexity index is 1090. The summed E-state index contributed by atoms with van der Waals surface area (Å²) < 4.78 is 6.89. The van der Waals surface area contributed by atoms with Gasteiger partial charge in [-0.05, 0) is 68.9 Å². The Morgan fingerprint density at radius 2 is 1.88 bits per heavy atom. The average molecular weight is 494 g/mol. The monoisotopic (exact) mass is 493 g/mol. The van der Waals surface area contributed by atoms with Crippen LogP contribution in [0, 0.1) is 0 Å². The SMILES string of the molecule is O=C(CNC1CCCCC1)N/N=C\c1ccc(OCc2cccc3ccccc23)c(Br)c1. The first-order valence-electron chi connectivity index (χ1n) is 11.1. The highest BCUT2D eigenvalue weighted by Gasteiger charge is 2.13. The van der Waals surface area contributed by atoms with Crippen LogP contribution in [-0.4, -0.2) is 24.7 Å². The molecule has 0 atom stereocenters. The molecule has 4 rings (SSSR count). The maximum absolute atomic E-state index is 12.0. The van der Waals surface area contributed by atoms with E-state index in [1.165, 1.54) is 30.0 Å². The largest absolute Gasteiger partial charge is 0.488 e. The molecule has 1 amide bonds. The Morgan fingerprint density at radius 1 is 1.06 bits per heavy atom. The first-order chi connectivity index (χ1) is 15.7. The molecular formula is C26H28BrN3O2. The second-order valence-electron chi connectivity index (χ2n) is 8.13. The summed E-state index contributed by atoms with van der Waals surface area (Å²) in [5.74, 6) is 0.636. The van der Waals surface area contributed by atoms with Crippen molar-refractivity contribution in [3.05, 3.63) is 76.3 Å². The van der Waals surface area contributed by atoms with Crippen molar-refractivity contribution in [2.45, 2.75) is 44.8 Å². The van der Waals surface area contributed by atoms with E-state index in [2.05, 4.69) is 62.1 Å². The molecular weight excluding hydrogens is 466 g/mol. The number of hydrogen-bond acceptors (Lipinski definition) is 4. The van der Waals surface area contributed by atoms with Gasteiger partial charge >= 0.3 is 0 Å². The molecule has 3 aromatic rings. The lowest BCUT2D eigenvalue weighted by molar-refractivity contribution is -0.120. The van der Waals surface area contributed by atoms with Crippen molar-refractivity contribution < 1.29 is 9.53 Å². The fourth-order valence-corrected chi connectivity index (χ4v) is 4.56. The molecule has 3 aromatic carbocycles. The number of halogens is 1. The molecule has 0 radical (unpaired) electrons. The normalized spacial score (nSPS) is 14.7. The number of fused-ring (bicyclic) bond motifs is 1. The van der Waals surface area contributed by atoms with Crippen LogP contribution >= 0.6 is 15.9 Å². The minimum atomic E-state index is -0.124. The molecule has 0 spiro atoms. The molecule has 1 saturated carbocycles. The van der Waals surface area contributed by atoms with Crippen LogP contribution in [0.3, 0.4) is 0 Å². The highest BCUT2D eigenvalue weighted by molar-refractivity contribution is 9.10. The van der Waals surface area contributed by atoms with Crippen LogP contribution in [0.25, 0.3) is 10.8 Å². The van der Waals surface area contributed by atoms with Gasteiger partial charge < -0.3 is 10.1 Å². The molecule has 0 saturated heterocycles. The first-order valence-corrected chi connectivity index (χ1v) is 11.9. The van der Waals surface area contributed by atoms with Gasteiger partial charge in [0.2, 0.25) is 0 Å². The Hall–Kier alpha value is -2.70. The van der Waals surface area contributed by atoms with Gasteiger partial charge in [-0.1, -0.05) is 61.7 Å². The van der Waals surface area contributed by atoms with Crippen molar-refractivity contribution >= 4 is 38.8 Å². The lowest BCUT2D eigenvalue weighted by atomic mass is 9.95. The maximum Gasteiger partial charge on any atom is 0.254 e. The predicted molar refractivity (Wildman–Crippen MR) is 133 cm³/mol. The first kappa shape index (κ1) is 22.5. The summed E-state index contributed by atoms with van der Waals surface area (Å²) in [6.07, 6.45) is 7.73. The smallest absolute Gasteiger partial charge is 0.254 e. The number of hydrazone groups is 1. The molecule has 166 valence electrons. The molecule has 0 aliphatic heterocycles. The van der Waals surface area contributed by atoms with E-state index < -0.39 is 0 Å². The fraction of sp³-hybridized carbons (Fsp3) is 0.308. The van der Waals surface area contributed by atoms with Crippen LogP contribution in [0.1, 0.15) is 43.2 Å². The molecule has 0 unspecified atom stereocenters. The number of nitrogens with zero attached hydrogens (tertiary/aromatic N) is 1. The van der Waals surface area contributed by atoms with E-state index in [0.717, 1.165) is 34.2 Å². The number of rotatable bonds is 8. The predicted octanol–water partition coefficient (Wildman–Crippen LogP) is 5.55. The molecule has 32 heavy (non-hydrogen) atoms. The quantitative estimate of drug-likeness (QED) is 0.319. The zero-order chi connectivity index (χ0) is 22.2. The summed E-state index contributed by atoms with van der Waals surface area (Å²) in [5, 5.41) is 9.79. The van der Waals surface area contributed by atoms with Gasteiger partial charge in [0.25, 0.3) is 5.91 Å². The number of nitrogens with one attached hydrogen (secondary N) is 2. The number of carbonyl (C=O) groups excluding carboxylic acids is 1. The molecule has 2 N–H and O–H groups in total. The van der Waals surface area contributed by atoms with Crippen molar-refractivity contribution in [3.8, 4) is 5.75 Å². The van der Waals surface area contributed by atoms with Gasteiger partial charge in [-0.2, -0.15) is 5.10 Å². The molecule has 6 heteroatoms. The Labute approximate surface area is 197 Å². The number of carbonyl (C=O) groups is 1. The van der Waals surface area contributed by atoms with Crippen LogP contribution in [0.15, 0.2) is 70.2 Å². The van der Waals surface area contributed by atoms with Gasteiger partial charge in [0.15, 0.2) is 0 Å². The minimum absolute atomic E-state index is 0.124. The number of hydrogen-bond donors (Lipinski definition) is 2. The molecule has 0 heterocycles. The molecule has 1 aliphatic carbocycles. The lowest BCUT2D eigenvalue weighted by Gasteiger charge is -2.22. The molecule has 5 nitrogen and oxygen atoms in total. The number of ether oxygens (including phenoxy) is 1. The summed E-state index contributed by atoms with van der Waals surface area (Å²) in [6.45, 7) is 0.782. The van der Waals surface area contributed by atoms with Crippen LogP contribution < -0.4 is 15.5 Å². The highest BCUT2D eigenvalue weighted by Crippen LogP contribution is 2.27. The van der Waals surface area contributed by atoms with Crippen molar-refractivity contribution in [1.82, 2.24) is 10.7 Å². The average Bonchev–Trinajstić information content (AvgIpc) is 2.83. The Morgan fingerprint density at radius 3 is 2.72 bits per heavy atom. The molecule has 1 aliphatic rings. The third kappa shape index (κ3) is 6.17. The second-order valence-corrected chi connectivity index (χ2v) is 8.98. The highest BCUT2D eigenvalue weighted by atomic mass is 79.9. The van der Waals surface area contributed by atoms with E-state index in [1.807, 2.05) is 30.3 Å². The van der Waals surface area contributed by atoms with Crippen LogP contribution in [0.2, 0.25) is 0 Å². The Kier molecular flexibility index (Phi) is 7.91. The lowest BCUT2D eigenvalue weighted by Crippen LogP contribution is -2.38. The topological polar surface area (TPSA) is 62.7 Å². The van der Waals surface area contributed by atoms with Gasteiger partial charge in [-0.3, -0.25) is 4.79 Å². The van der Waals surface area contributed by atoms with E-state index >= 15 is 0 Å². The zero-order valence-electron chi connectivity index (χ0n) is 18.0. The summed E-state index contributed by atoms with van der Waals surface area (Å²) in [6, 6.07) is 20.7. The summed E-state index contributed by atoms with van der Waals surface area (Å²) in [7, 11) is 0. The third-order valence-electron chi connectivity index (χ3n) is 5.78. The Balaban J connectivity index is 1.28. The van der Waals surface area contributed by atoms with Crippen molar-refractivity contribution in [3.63, 3.8) is 0 Å². The standard InChI is InChI=1S/C26H28BrN3O2/c27-24-15-19(16-29-30-26(31)17-28-22-10-2-1-3-11-22)13-14-25(24)32-18-21-9-6-8-20-7-4-5-12-23(20)21/h4-9,12-16,22,28H,1-3,10-11,17-18H2,(H,30,31)/b29-16-. The zero-order valence-corrected chi connectivity index (χ0v) is 19.6. The van der Waals surface area contributed by atoms with Gasteiger partial charge in [0.1, 0.15) is 12.4 Å². The summed E-state index contributed by atoms with van der Waals surface area (Å²) in [4.78, 5) is 12.0. The van der Waals surface area contributed by atoms with E-state index in [1.54, 1.807) is 6.21 Å². The van der Waals surface area contributed by atoms with Crippen molar-refractivity contribution in [2.24, 2.45) is 5.10 Å². The molecule has 1 fully saturated rings. The third-order valence-corrected chi connectivity index (χ3v) is 6.40. The van der Waals surface area contributed by atoms with E-state index in [0.29, 0.717) is 19.2 Å². The summed E-state index contributed by atoms with van der Waals surface area (Å²) >= 11 is 3.58. The van der Waals surface area contributed by atoms with E-state index in [9.17, 15) is 4.79 Å². The maximum atomic E-state index is 12.0. The summed E-state index contributed by atoms with van der Waals surface area (Å²) in [5.41, 5.74) is 4.60. The number of benzene rings is 3. The van der Waals surface area contributed by atoms with E-state index in [4.69, 9.17) is 4.74 Å². The van der Waals surface area contributed by atoms with E-state index in [-0.39, 0.29) is 5.91 Å². The molecule has 0 bridgehead atoms. The van der Waals surface area contributed by atoms with Gasteiger partial charge in [0, 0.05) is 6.04 Å².